The van der Waals surface area contributed by atoms with Crippen molar-refractivity contribution in [1.82, 2.24) is 20.1 Å². The molecule has 0 spiro atoms. The zero-order valence-electron chi connectivity index (χ0n) is 11.8. The fraction of sp³-hybridized carbons (Fsp3) is 0.500. The van der Waals surface area contributed by atoms with Crippen LogP contribution in [0.25, 0.3) is 11.0 Å². The SMILES string of the molecule is C[C@H]1CCCN(Cc2cc(C(=O)O)nc3c(Cl)[nH]nc23)C1. The lowest BCUT2D eigenvalue weighted by molar-refractivity contribution is 0.0690. The van der Waals surface area contributed by atoms with E-state index in [-0.39, 0.29) is 10.8 Å². The molecule has 1 atom stereocenters. The quantitative estimate of drug-likeness (QED) is 0.910. The number of pyridine rings is 1. The van der Waals surface area contributed by atoms with Gasteiger partial charge in [0.2, 0.25) is 0 Å². The van der Waals surface area contributed by atoms with E-state index in [1.807, 2.05) is 0 Å². The molecule has 0 aliphatic carbocycles. The number of piperidine rings is 1. The van der Waals surface area contributed by atoms with Gasteiger partial charge in [-0.1, -0.05) is 18.5 Å². The van der Waals surface area contributed by atoms with Crippen molar-refractivity contribution in [3.8, 4) is 0 Å². The molecule has 21 heavy (non-hydrogen) atoms. The van der Waals surface area contributed by atoms with Gasteiger partial charge >= 0.3 is 5.97 Å². The number of carboxylic acid groups (broad SMARTS) is 1. The highest BCUT2D eigenvalue weighted by atomic mass is 35.5. The largest absolute Gasteiger partial charge is 0.477 e. The minimum absolute atomic E-state index is 0.00542. The van der Waals surface area contributed by atoms with Gasteiger partial charge in [0, 0.05) is 13.1 Å². The number of halogens is 1. The van der Waals surface area contributed by atoms with Crippen LogP contribution in [0.15, 0.2) is 6.07 Å². The van der Waals surface area contributed by atoms with Crippen LogP contribution in [-0.4, -0.2) is 44.2 Å². The highest BCUT2D eigenvalue weighted by Crippen LogP contribution is 2.25. The Labute approximate surface area is 127 Å². The molecular weight excluding hydrogens is 292 g/mol. The van der Waals surface area contributed by atoms with E-state index in [2.05, 4.69) is 27.0 Å². The Balaban J connectivity index is 1.98. The van der Waals surface area contributed by atoms with Crippen LogP contribution in [0, 0.1) is 5.92 Å². The fourth-order valence-electron chi connectivity index (χ4n) is 2.93. The first-order valence-electron chi connectivity index (χ1n) is 7.03. The van der Waals surface area contributed by atoms with Crippen LogP contribution in [0.1, 0.15) is 35.8 Å². The van der Waals surface area contributed by atoms with Crippen molar-refractivity contribution in [1.29, 1.82) is 0 Å². The maximum absolute atomic E-state index is 11.2. The lowest BCUT2D eigenvalue weighted by atomic mass is 9.99. The first-order valence-corrected chi connectivity index (χ1v) is 7.41. The number of likely N-dealkylation sites (tertiary alicyclic amines) is 1. The molecule has 1 saturated heterocycles. The van der Waals surface area contributed by atoms with Crippen molar-refractivity contribution < 1.29 is 9.90 Å². The highest BCUT2D eigenvalue weighted by Gasteiger charge is 2.20. The van der Waals surface area contributed by atoms with Gasteiger partial charge in [-0.2, -0.15) is 5.10 Å². The number of carboxylic acids is 1. The maximum atomic E-state index is 11.2. The van der Waals surface area contributed by atoms with E-state index in [9.17, 15) is 9.90 Å². The Bertz CT molecular complexity index is 685. The Kier molecular flexibility index (Phi) is 3.82. The van der Waals surface area contributed by atoms with Crippen LogP contribution in [0.4, 0.5) is 0 Å². The number of hydrogen-bond acceptors (Lipinski definition) is 4. The zero-order chi connectivity index (χ0) is 15.0. The average Bonchev–Trinajstić information content (AvgIpc) is 2.81. The number of aromatic carboxylic acids is 1. The summed E-state index contributed by atoms with van der Waals surface area (Å²) in [6.45, 7) is 4.95. The molecule has 0 radical (unpaired) electrons. The average molecular weight is 309 g/mol. The molecule has 7 heteroatoms. The third-order valence-corrected chi connectivity index (χ3v) is 4.16. The van der Waals surface area contributed by atoms with Crippen LogP contribution in [-0.2, 0) is 6.54 Å². The molecule has 2 aromatic heterocycles. The Hall–Kier alpha value is -1.66. The lowest BCUT2D eigenvalue weighted by Crippen LogP contribution is -2.33. The van der Waals surface area contributed by atoms with Crippen molar-refractivity contribution in [2.45, 2.75) is 26.3 Å². The molecule has 3 rings (SSSR count). The fourth-order valence-corrected chi connectivity index (χ4v) is 3.10. The number of nitrogens with one attached hydrogen (secondary N) is 1. The lowest BCUT2D eigenvalue weighted by Gasteiger charge is -2.30. The predicted octanol–water partition coefficient (Wildman–Crippen LogP) is 2.54. The van der Waals surface area contributed by atoms with E-state index in [1.165, 1.54) is 12.8 Å². The number of aromatic amines is 1. The second-order valence-corrected chi connectivity index (χ2v) is 6.07. The molecule has 2 aromatic rings. The molecule has 0 aromatic carbocycles. The number of aromatic nitrogens is 3. The summed E-state index contributed by atoms with van der Waals surface area (Å²) >= 11 is 6.00. The molecular formula is C14H17ClN4O2. The number of carbonyl (C=O) groups is 1. The normalized spacial score (nSPS) is 20.0. The predicted molar refractivity (Wildman–Crippen MR) is 79.5 cm³/mol. The van der Waals surface area contributed by atoms with Gasteiger partial charge in [-0.25, -0.2) is 9.78 Å². The summed E-state index contributed by atoms with van der Waals surface area (Å²) < 4.78 is 0. The summed E-state index contributed by atoms with van der Waals surface area (Å²) in [5.74, 6) is -0.389. The van der Waals surface area contributed by atoms with Gasteiger partial charge in [-0.05, 0) is 36.9 Å². The standard InChI is InChI=1S/C14H17ClN4O2/c1-8-3-2-4-19(6-8)7-9-5-10(14(20)21)16-12-11(9)17-18-13(12)15/h5,8H,2-4,6-7H2,1H3,(H,17,18)(H,20,21)/t8-/m0/s1. The molecule has 0 unspecified atom stereocenters. The summed E-state index contributed by atoms with van der Waals surface area (Å²) in [6, 6.07) is 1.60. The topological polar surface area (TPSA) is 82.1 Å². The van der Waals surface area contributed by atoms with E-state index < -0.39 is 5.97 Å². The molecule has 0 amide bonds. The van der Waals surface area contributed by atoms with E-state index in [4.69, 9.17) is 11.6 Å². The van der Waals surface area contributed by atoms with Crippen LogP contribution >= 0.6 is 11.6 Å². The van der Waals surface area contributed by atoms with Gasteiger partial charge in [0.15, 0.2) is 5.15 Å². The number of rotatable bonds is 3. The second kappa shape index (κ2) is 5.61. The molecule has 1 aliphatic heterocycles. The second-order valence-electron chi connectivity index (χ2n) is 5.69. The third-order valence-electron chi connectivity index (χ3n) is 3.90. The number of fused-ring (bicyclic) bond motifs is 1. The maximum Gasteiger partial charge on any atom is 0.354 e. The third kappa shape index (κ3) is 2.87. The monoisotopic (exact) mass is 308 g/mol. The van der Waals surface area contributed by atoms with Gasteiger partial charge < -0.3 is 5.11 Å². The summed E-state index contributed by atoms with van der Waals surface area (Å²) in [6.07, 6.45) is 2.42. The molecule has 3 heterocycles. The van der Waals surface area contributed by atoms with Crippen molar-refractivity contribution in [3.63, 3.8) is 0 Å². The van der Waals surface area contributed by atoms with Crippen molar-refractivity contribution in [2.24, 2.45) is 5.92 Å². The van der Waals surface area contributed by atoms with E-state index in [1.54, 1.807) is 6.07 Å². The van der Waals surface area contributed by atoms with Crippen LogP contribution in [0.3, 0.4) is 0 Å². The van der Waals surface area contributed by atoms with E-state index in [0.29, 0.717) is 23.5 Å². The molecule has 1 fully saturated rings. The minimum Gasteiger partial charge on any atom is -0.477 e. The molecule has 6 nitrogen and oxygen atoms in total. The molecule has 0 bridgehead atoms. The number of H-pyrrole nitrogens is 1. The summed E-state index contributed by atoms with van der Waals surface area (Å²) in [4.78, 5) is 17.6. The Morgan fingerprint density at radius 2 is 2.38 bits per heavy atom. The zero-order valence-corrected chi connectivity index (χ0v) is 12.5. The van der Waals surface area contributed by atoms with Gasteiger partial charge in [0.05, 0.1) is 0 Å². The summed E-state index contributed by atoms with van der Waals surface area (Å²) in [5.41, 5.74) is 1.94. The van der Waals surface area contributed by atoms with Crippen LogP contribution < -0.4 is 0 Å². The summed E-state index contributed by atoms with van der Waals surface area (Å²) in [5, 5.41) is 16.3. The Morgan fingerprint density at radius 1 is 1.57 bits per heavy atom. The van der Waals surface area contributed by atoms with Gasteiger partial charge in [-0.15, -0.1) is 0 Å². The minimum atomic E-state index is -1.05. The van der Waals surface area contributed by atoms with Gasteiger partial charge in [0.1, 0.15) is 16.7 Å². The Morgan fingerprint density at radius 3 is 3.10 bits per heavy atom. The number of nitrogens with zero attached hydrogens (tertiary/aromatic N) is 3. The van der Waals surface area contributed by atoms with Gasteiger partial charge in [-0.3, -0.25) is 10.00 Å². The molecule has 1 aliphatic rings. The molecule has 0 saturated carbocycles. The first-order chi connectivity index (χ1) is 10.0. The first kappa shape index (κ1) is 14.3. The van der Waals surface area contributed by atoms with E-state index in [0.717, 1.165) is 18.7 Å². The summed E-state index contributed by atoms with van der Waals surface area (Å²) in [7, 11) is 0. The van der Waals surface area contributed by atoms with Crippen molar-refractivity contribution in [3.05, 3.63) is 22.5 Å². The smallest absolute Gasteiger partial charge is 0.354 e. The number of hydrogen-bond donors (Lipinski definition) is 2. The molecule has 2 N–H and O–H groups in total. The van der Waals surface area contributed by atoms with Crippen LogP contribution in [0.2, 0.25) is 5.15 Å². The highest BCUT2D eigenvalue weighted by molar-refractivity contribution is 6.33. The van der Waals surface area contributed by atoms with E-state index >= 15 is 0 Å². The van der Waals surface area contributed by atoms with Crippen LogP contribution in [0.5, 0.6) is 0 Å². The molecule has 112 valence electrons. The van der Waals surface area contributed by atoms with Gasteiger partial charge in [0.25, 0.3) is 0 Å². The van der Waals surface area contributed by atoms with Crippen molar-refractivity contribution >= 4 is 28.6 Å². The van der Waals surface area contributed by atoms with Crippen molar-refractivity contribution in [2.75, 3.05) is 13.1 Å².